The maximum Gasteiger partial charge on any atom is 0.280 e. The minimum absolute atomic E-state index is 0.0768. The molecule has 6 nitrogen and oxygen atoms in total. The van der Waals surface area contributed by atoms with E-state index in [0.29, 0.717) is 11.1 Å². The number of rotatable bonds is 3. The molecule has 1 aliphatic carbocycles. The Kier molecular flexibility index (Phi) is 3.77. The average Bonchev–Trinajstić information content (AvgIpc) is 2.89. The van der Waals surface area contributed by atoms with Crippen molar-refractivity contribution in [2.75, 3.05) is 6.26 Å². The number of hydrogen-bond donors (Lipinski definition) is 1. The van der Waals surface area contributed by atoms with E-state index in [1.165, 1.54) is 35.3 Å². The number of pyridine rings is 1. The van der Waals surface area contributed by atoms with Crippen molar-refractivity contribution in [3.05, 3.63) is 58.7 Å². The Balaban J connectivity index is 1.97. The molecule has 23 heavy (non-hydrogen) atoms. The van der Waals surface area contributed by atoms with Crippen LogP contribution < -0.4 is 5.56 Å². The van der Waals surface area contributed by atoms with Gasteiger partial charge in [-0.15, -0.1) is 0 Å². The van der Waals surface area contributed by atoms with E-state index >= 15 is 0 Å². The molecule has 1 N–H and O–H groups in total. The summed E-state index contributed by atoms with van der Waals surface area (Å²) in [5.74, 6) is 0.275. The number of nitrogens with one attached hydrogen (secondary N) is 1. The summed E-state index contributed by atoms with van der Waals surface area (Å²) in [6.07, 6.45) is 7.66. The molecule has 8 heteroatoms. The second-order valence-corrected chi connectivity index (χ2v) is 7.24. The summed E-state index contributed by atoms with van der Waals surface area (Å²) in [6.45, 7) is 0. The lowest BCUT2D eigenvalue weighted by atomic mass is 10.0. The molecule has 0 radical (unpaired) electrons. The van der Waals surface area contributed by atoms with E-state index in [-0.39, 0.29) is 22.7 Å². The molecule has 0 aromatic carbocycles. The SMILES string of the molecule is CS(=O)(=O)c1ccc(-n2[nH]cc(C3=CCC(F)C=C3)c2=O)nc1. The Hall–Kier alpha value is -2.48. The first-order valence-electron chi connectivity index (χ1n) is 6.86. The maximum atomic E-state index is 13.1. The van der Waals surface area contributed by atoms with Crippen LogP contribution in [-0.2, 0) is 9.84 Å². The van der Waals surface area contributed by atoms with Gasteiger partial charge in [0.05, 0.1) is 10.5 Å². The molecule has 2 heterocycles. The molecule has 0 spiro atoms. The zero-order valence-corrected chi connectivity index (χ0v) is 13.0. The smallest absolute Gasteiger partial charge is 0.280 e. The van der Waals surface area contributed by atoms with Gasteiger partial charge in [0.25, 0.3) is 5.56 Å². The van der Waals surface area contributed by atoms with Crippen molar-refractivity contribution in [1.29, 1.82) is 0 Å². The van der Waals surface area contributed by atoms with Crippen molar-refractivity contribution in [2.24, 2.45) is 0 Å². The van der Waals surface area contributed by atoms with Crippen LogP contribution in [0.4, 0.5) is 4.39 Å². The molecule has 0 saturated carbocycles. The van der Waals surface area contributed by atoms with Crippen LogP contribution in [0.3, 0.4) is 0 Å². The van der Waals surface area contributed by atoms with Gasteiger partial charge in [0.1, 0.15) is 6.17 Å². The number of nitrogens with zero attached hydrogens (tertiary/aromatic N) is 2. The first-order valence-corrected chi connectivity index (χ1v) is 8.75. The number of halogens is 1. The van der Waals surface area contributed by atoms with Gasteiger partial charge in [-0.05, 0) is 23.8 Å². The zero-order valence-electron chi connectivity index (χ0n) is 12.2. The van der Waals surface area contributed by atoms with E-state index < -0.39 is 16.0 Å². The lowest BCUT2D eigenvalue weighted by Gasteiger charge is -2.07. The Morgan fingerprint density at radius 1 is 1.39 bits per heavy atom. The highest BCUT2D eigenvalue weighted by Crippen LogP contribution is 2.20. The molecule has 120 valence electrons. The van der Waals surface area contributed by atoms with Crippen LogP contribution >= 0.6 is 0 Å². The van der Waals surface area contributed by atoms with Gasteiger partial charge in [0.15, 0.2) is 15.7 Å². The van der Waals surface area contributed by atoms with Crippen molar-refractivity contribution >= 4 is 15.4 Å². The van der Waals surface area contributed by atoms with E-state index in [1.54, 1.807) is 12.2 Å². The van der Waals surface area contributed by atoms with Gasteiger partial charge in [-0.1, -0.05) is 12.2 Å². The number of H-pyrrole nitrogens is 1. The van der Waals surface area contributed by atoms with E-state index in [4.69, 9.17) is 0 Å². The van der Waals surface area contributed by atoms with Crippen molar-refractivity contribution in [3.63, 3.8) is 0 Å². The number of hydrogen-bond acceptors (Lipinski definition) is 4. The van der Waals surface area contributed by atoms with Crippen LogP contribution in [0.25, 0.3) is 11.4 Å². The Labute approximate surface area is 131 Å². The Morgan fingerprint density at radius 3 is 2.74 bits per heavy atom. The molecule has 0 bridgehead atoms. The third kappa shape index (κ3) is 3.02. The van der Waals surface area contributed by atoms with Crippen molar-refractivity contribution in [2.45, 2.75) is 17.5 Å². The highest BCUT2D eigenvalue weighted by atomic mass is 32.2. The lowest BCUT2D eigenvalue weighted by molar-refractivity contribution is 0.402. The maximum absolute atomic E-state index is 13.1. The Bertz CT molecular complexity index is 953. The van der Waals surface area contributed by atoms with Gasteiger partial charge in [-0.3, -0.25) is 9.89 Å². The number of allylic oxidation sites excluding steroid dienone is 4. The normalized spacial score (nSPS) is 18.0. The van der Waals surface area contributed by atoms with Crippen molar-refractivity contribution in [1.82, 2.24) is 14.8 Å². The number of sulfone groups is 1. The number of aromatic nitrogens is 3. The highest BCUT2D eigenvalue weighted by molar-refractivity contribution is 7.90. The average molecular weight is 335 g/mol. The summed E-state index contributed by atoms with van der Waals surface area (Å²) in [7, 11) is -3.34. The molecular formula is C15H14FN3O3S. The van der Waals surface area contributed by atoms with E-state index in [9.17, 15) is 17.6 Å². The van der Waals surface area contributed by atoms with Crippen molar-refractivity contribution in [3.8, 4) is 5.82 Å². The first kappa shape index (κ1) is 15.4. The fourth-order valence-corrected chi connectivity index (χ4v) is 2.82. The molecule has 1 atom stereocenters. The molecule has 0 fully saturated rings. The van der Waals surface area contributed by atoms with Gasteiger partial charge >= 0.3 is 0 Å². The fraction of sp³-hybridized carbons (Fsp3) is 0.200. The molecule has 0 amide bonds. The molecule has 2 aromatic rings. The first-order chi connectivity index (χ1) is 10.9. The van der Waals surface area contributed by atoms with Crippen molar-refractivity contribution < 1.29 is 12.8 Å². The molecule has 2 aromatic heterocycles. The van der Waals surface area contributed by atoms with Gasteiger partial charge < -0.3 is 0 Å². The summed E-state index contributed by atoms with van der Waals surface area (Å²) in [5, 5.41) is 2.78. The van der Waals surface area contributed by atoms with Crippen LogP contribution in [0.5, 0.6) is 0 Å². The van der Waals surface area contributed by atoms with Crippen LogP contribution in [0, 0.1) is 0 Å². The van der Waals surface area contributed by atoms with Gasteiger partial charge in [-0.2, -0.15) is 0 Å². The molecule has 3 rings (SSSR count). The topological polar surface area (TPSA) is 84.8 Å². The van der Waals surface area contributed by atoms with Gasteiger partial charge in [-0.25, -0.2) is 22.5 Å². The molecule has 0 saturated heterocycles. The predicted octanol–water partition coefficient (Wildman–Crippen LogP) is 1.65. The third-order valence-electron chi connectivity index (χ3n) is 3.51. The molecular weight excluding hydrogens is 321 g/mol. The summed E-state index contributed by atoms with van der Waals surface area (Å²) < 4.78 is 37.1. The quantitative estimate of drug-likeness (QED) is 0.924. The second kappa shape index (κ2) is 5.62. The summed E-state index contributed by atoms with van der Waals surface area (Å²) in [4.78, 5) is 16.5. The summed E-state index contributed by atoms with van der Waals surface area (Å²) in [6, 6.07) is 2.83. The third-order valence-corrected chi connectivity index (χ3v) is 4.61. The molecule has 1 aliphatic rings. The number of aromatic amines is 1. The van der Waals surface area contributed by atoms with Gasteiger partial charge in [0, 0.05) is 25.1 Å². The summed E-state index contributed by atoms with van der Waals surface area (Å²) >= 11 is 0. The van der Waals surface area contributed by atoms with E-state index in [2.05, 4.69) is 10.1 Å². The van der Waals surface area contributed by atoms with Crippen LogP contribution in [0.2, 0.25) is 0 Å². The minimum atomic E-state index is -3.34. The Morgan fingerprint density at radius 2 is 2.17 bits per heavy atom. The fourth-order valence-electron chi connectivity index (χ4n) is 2.26. The highest BCUT2D eigenvalue weighted by Gasteiger charge is 2.15. The second-order valence-electron chi connectivity index (χ2n) is 5.22. The largest absolute Gasteiger partial charge is 0.296 e. The van der Waals surface area contributed by atoms with E-state index in [0.717, 1.165) is 6.26 Å². The van der Waals surface area contributed by atoms with Crippen LogP contribution in [0.15, 0.2) is 52.4 Å². The predicted molar refractivity (Wildman–Crippen MR) is 83.9 cm³/mol. The minimum Gasteiger partial charge on any atom is -0.296 e. The lowest BCUT2D eigenvalue weighted by Crippen LogP contribution is -2.18. The zero-order chi connectivity index (χ0) is 16.6. The number of alkyl halides is 1. The monoisotopic (exact) mass is 335 g/mol. The van der Waals surface area contributed by atoms with Crippen LogP contribution in [-0.4, -0.2) is 35.6 Å². The molecule has 0 aliphatic heterocycles. The standard InChI is InChI=1S/C15H14FN3O3S/c1-23(21,22)12-6-7-14(17-8-12)19-15(20)13(9-18-19)10-2-4-11(16)5-3-10/h2-4,6-9,11,18H,5H2,1H3. The van der Waals surface area contributed by atoms with E-state index in [1.807, 2.05) is 0 Å². The summed E-state index contributed by atoms with van der Waals surface area (Å²) in [5.41, 5.74) is 0.714. The van der Waals surface area contributed by atoms with Crippen LogP contribution in [0.1, 0.15) is 12.0 Å². The van der Waals surface area contributed by atoms with Gasteiger partial charge in [0.2, 0.25) is 0 Å². The molecule has 1 unspecified atom stereocenters.